The first-order valence-electron chi connectivity index (χ1n) is 8.90. The van der Waals surface area contributed by atoms with Gasteiger partial charge >= 0.3 is 5.97 Å². The highest BCUT2D eigenvalue weighted by atomic mass is 16.6. The lowest BCUT2D eigenvalue weighted by atomic mass is 10.0. The normalized spacial score (nSPS) is 10.2. The summed E-state index contributed by atoms with van der Waals surface area (Å²) in [6.07, 6.45) is 1.61. The first-order valence-corrected chi connectivity index (χ1v) is 8.90. The lowest BCUT2D eigenvalue weighted by Gasteiger charge is -2.14. The van der Waals surface area contributed by atoms with Crippen molar-refractivity contribution in [3.63, 3.8) is 0 Å². The summed E-state index contributed by atoms with van der Waals surface area (Å²) in [5, 5.41) is 2.85. The quantitative estimate of drug-likeness (QED) is 0.684. The van der Waals surface area contributed by atoms with Crippen LogP contribution in [0.3, 0.4) is 0 Å². The number of benzene rings is 2. The van der Waals surface area contributed by atoms with E-state index in [0.29, 0.717) is 11.5 Å². The molecule has 6 nitrogen and oxygen atoms in total. The van der Waals surface area contributed by atoms with Crippen molar-refractivity contribution in [2.24, 2.45) is 0 Å². The van der Waals surface area contributed by atoms with Gasteiger partial charge < -0.3 is 19.5 Å². The van der Waals surface area contributed by atoms with Crippen LogP contribution >= 0.6 is 0 Å². The number of hydrogen-bond donors (Lipinski definition) is 1. The Morgan fingerprint density at radius 3 is 2.04 bits per heavy atom. The summed E-state index contributed by atoms with van der Waals surface area (Å²) < 4.78 is 15.4. The summed E-state index contributed by atoms with van der Waals surface area (Å²) in [5.41, 5.74) is 2.91. The standard InChI is InChI=1S/C21H25NO5/c1-4-15-7-6-8-16(5-2)21(15)22-19(23)13-27-20(24)14-26-18-11-9-17(25-3)10-12-18/h6-12H,4-5,13-14H2,1-3H3,(H,22,23). The SMILES string of the molecule is CCc1cccc(CC)c1NC(=O)COC(=O)COc1ccc(OC)cc1. The Morgan fingerprint density at radius 1 is 0.889 bits per heavy atom. The van der Waals surface area contributed by atoms with E-state index in [4.69, 9.17) is 14.2 Å². The molecular weight excluding hydrogens is 346 g/mol. The molecule has 0 spiro atoms. The van der Waals surface area contributed by atoms with E-state index < -0.39 is 5.97 Å². The third kappa shape index (κ3) is 6.02. The number of rotatable bonds is 9. The summed E-state index contributed by atoms with van der Waals surface area (Å²) in [6.45, 7) is 3.43. The van der Waals surface area contributed by atoms with Gasteiger partial charge in [-0.3, -0.25) is 4.79 Å². The Kier molecular flexibility index (Phi) is 7.67. The molecule has 0 radical (unpaired) electrons. The van der Waals surface area contributed by atoms with Crippen LogP contribution in [0.15, 0.2) is 42.5 Å². The highest BCUT2D eigenvalue weighted by molar-refractivity contribution is 5.94. The van der Waals surface area contributed by atoms with E-state index in [-0.39, 0.29) is 19.1 Å². The Labute approximate surface area is 159 Å². The molecule has 0 atom stereocenters. The van der Waals surface area contributed by atoms with Crippen molar-refractivity contribution in [3.8, 4) is 11.5 Å². The number of esters is 1. The monoisotopic (exact) mass is 371 g/mol. The third-order valence-corrected chi connectivity index (χ3v) is 4.04. The van der Waals surface area contributed by atoms with E-state index in [9.17, 15) is 9.59 Å². The van der Waals surface area contributed by atoms with Gasteiger partial charge in [-0.25, -0.2) is 4.79 Å². The first kappa shape index (κ1) is 20.3. The van der Waals surface area contributed by atoms with Gasteiger partial charge in [-0.1, -0.05) is 32.0 Å². The highest BCUT2D eigenvalue weighted by Gasteiger charge is 2.12. The van der Waals surface area contributed by atoms with E-state index in [2.05, 4.69) is 5.32 Å². The molecule has 0 saturated carbocycles. The summed E-state index contributed by atoms with van der Waals surface area (Å²) >= 11 is 0. The van der Waals surface area contributed by atoms with Crippen molar-refractivity contribution in [1.82, 2.24) is 0 Å². The van der Waals surface area contributed by atoms with Crippen LogP contribution in [-0.4, -0.2) is 32.2 Å². The van der Waals surface area contributed by atoms with Crippen LogP contribution in [0.5, 0.6) is 11.5 Å². The molecule has 144 valence electrons. The minimum Gasteiger partial charge on any atom is -0.497 e. The minimum absolute atomic E-state index is 0.272. The number of anilines is 1. The first-order chi connectivity index (χ1) is 13.1. The van der Waals surface area contributed by atoms with Crippen molar-refractivity contribution in [3.05, 3.63) is 53.6 Å². The summed E-state index contributed by atoms with van der Waals surface area (Å²) in [7, 11) is 1.57. The van der Waals surface area contributed by atoms with Crippen LogP contribution in [0.2, 0.25) is 0 Å². The van der Waals surface area contributed by atoms with Crippen molar-refractivity contribution in [2.75, 3.05) is 25.6 Å². The Hall–Kier alpha value is -3.02. The second-order valence-electron chi connectivity index (χ2n) is 5.83. The number of para-hydroxylation sites is 1. The number of carbonyl (C=O) groups excluding carboxylic acids is 2. The topological polar surface area (TPSA) is 73.9 Å². The molecule has 0 fully saturated rings. The molecule has 0 bridgehead atoms. The Bertz CT molecular complexity index is 748. The van der Waals surface area contributed by atoms with Gasteiger partial charge in [0.2, 0.25) is 0 Å². The molecule has 0 aliphatic carbocycles. The van der Waals surface area contributed by atoms with Crippen LogP contribution in [-0.2, 0) is 27.2 Å². The van der Waals surface area contributed by atoms with E-state index in [1.54, 1.807) is 31.4 Å². The molecule has 2 rings (SSSR count). The summed E-state index contributed by atoms with van der Waals surface area (Å²) in [5.74, 6) is 0.228. The zero-order chi connectivity index (χ0) is 19.6. The van der Waals surface area contributed by atoms with Gasteiger partial charge in [0.25, 0.3) is 5.91 Å². The Morgan fingerprint density at radius 2 is 1.48 bits per heavy atom. The van der Waals surface area contributed by atoms with Gasteiger partial charge in [0.1, 0.15) is 11.5 Å². The fourth-order valence-corrected chi connectivity index (χ4v) is 2.58. The van der Waals surface area contributed by atoms with E-state index >= 15 is 0 Å². The summed E-state index contributed by atoms with van der Waals surface area (Å²) in [6, 6.07) is 12.8. The largest absolute Gasteiger partial charge is 0.497 e. The van der Waals surface area contributed by atoms with E-state index in [0.717, 1.165) is 29.7 Å². The van der Waals surface area contributed by atoms with Gasteiger partial charge in [0.15, 0.2) is 13.2 Å². The zero-order valence-corrected chi connectivity index (χ0v) is 15.9. The van der Waals surface area contributed by atoms with Crippen LogP contribution in [0.4, 0.5) is 5.69 Å². The number of carbonyl (C=O) groups is 2. The maximum atomic E-state index is 12.2. The van der Waals surface area contributed by atoms with E-state index in [1.807, 2.05) is 32.0 Å². The molecule has 0 heterocycles. The number of hydrogen-bond acceptors (Lipinski definition) is 5. The molecule has 2 aromatic carbocycles. The fourth-order valence-electron chi connectivity index (χ4n) is 2.58. The van der Waals surface area contributed by atoms with Crippen LogP contribution < -0.4 is 14.8 Å². The number of ether oxygens (including phenoxy) is 3. The zero-order valence-electron chi connectivity index (χ0n) is 15.9. The smallest absolute Gasteiger partial charge is 0.344 e. The number of aryl methyl sites for hydroxylation is 2. The molecular formula is C21H25NO5. The predicted molar refractivity (Wildman–Crippen MR) is 103 cm³/mol. The molecule has 1 N–H and O–H groups in total. The molecule has 27 heavy (non-hydrogen) atoms. The fraction of sp³-hybridized carbons (Fsp3) is 0.333. The van der Waals surface area contributed by atoms with Crippen molar-refractivity contribution < 1.29 is 23.8 Å². The van der Waals surface area contributed by atoms with Gasteiger partial charge in [0.05, 0.1) is 7.11 Å². The highest BCUT2D eigenvalue weighted by Crippen LogP contribution is 2.22. The second-order valence-corrected chi connectivity index (χ2v) is 5.83. The van der Waals surface area contributed by atoms with Gasteiger partial charge in [-0.15, -0.1) is 0 Å². The van der Waals surface area contributed by atoms with Crippen molar-refractivity contribution >= 4 is 17.6 Å². The molecule has 1 amide bonds. The number of amides is 1. The van der Waals surface area contributed by atoms with Gasteiger partial charge in [0, 0.05) is 5.69 Å². The maximum Gasteiger partial charge on any atom is 0.344 e. The average molecular weight is 371 g/mol. The lowest BCUT2D eigenvalue weighted by Crippen LogP contribution is -2.24. The number of nitrogens with one attached hydrogen (secondary N) is 1. The third-order valence-electron chi connectivity index (χ3n) is 4.04. The van der Waals surface area contributed by atoms with Crippen molar-refractivity contribution in [2.45, 2.75) is 26.7 Å². The van der Waals surface area contributed by atoms with Crippen LogP contribution in [0.1, 0.15) is 25.0 Å². The second kappa shape index (κ2) is 10.2. The number of methoxy groups -OCH3 is 1. The van der Waals surface area contributed by atoms with Crippen LogP contribution in [0, 0.1) is 0 Å². The molecule has 0 saturated heterocycles. The van der Waals surface area contributed by atoms with Gasteiger partial charge in [-0.2, -0.15) is 0 Å². The minimum atomic E-state index is -0.611. The molecule has 2 aromatic rings. The maximum absolute atomic E-state index is 12.2. The van der Waals surface area contributed by atoms with E-state index in [1.165, 1.54) is 0 Å². The summed E-state index contributed by atoms with van der Waals surface area (Å²) in [4.78, 5) is 23.9. The van der Waals surface area contributed by atoms with Gasteiger partial charge in [-0.05, 0) is 48.2 Å². The Balaban J connectivity index is 1.82. The predicted octanol–water partition coefficient (Wildman–Crippen LogP) is 3.38. The molecule has 0 unspecified atom stereocenters. The lowest BCUT2D eigenvalue weighted by molar-refractivity contribution is -0.149. The van der Waals surface area contributed by atoms with Crippen molar-refractivity contribution in [1.29, 1.82) is 0 Å². The molecule has 0 aliphatic rings. The molecule has 0 aromatic heterocycles. The molecule has 0 aliphatic heterocycles. The average Bonchev–Trinajstić information content (AvgIpc) is 2.71. The van der Waals surface area contributed by atoms with Crippen LogP contribution in [0.25, 0.3) is 0 Å². The molecule has 6 heteroatoms.